The minimum Gasteiger partial charge on any atom is -0.385 e. The molecule has 0 unspecified atom stereocenters. The highest BCUT2D eigenvalue weighted by Crippen LogP contribution is 2.27. The van der Waals surface area contributed by atoms with E-state index in [1.807, 2.05) is 6.07 Å². The molecular weight excluding hydrogens is 306 g/mol. The number of rotatable bonds is 7. The zero-order chi connectivity index (χ0) is 12.7. The molecule has 1 aromatic carbocycles. The second-order valence-electron chi connectivity index (χ2n) is 3.44. The van der Waals surface area contributed by atoms with Gasteiger partial charge in [-0.25, -0.2) is 0 Å². The topological polar surface area (TPSA) is 52.4 Å². The first kappa shape index (κ1) is 14.5. The third kappa shape index (κ3) is 5.06. The number of benzene rings is 1. The smallest absolute Gasteiger partial charge is 0.283 e. The van der Waals surface area contributed by atoms with Crippen LogP contribution in [0.2, 0.25) is 0 Å². The molecule has 0 spiro atoms. The standard InChI is InChI=1S/C11H14BrNO3S/c1-16-5-2-6-17-8-9-3-4-10(12)11(7-9)13(14)15/h3-4,7H,2,5-6,8H2,1H3. The Bertz CT molecular complexity index is 387. The molecule has 0 aliphatic rings. The molecule has 0 radical (unpaired) electrons. The van der Waals surface area contributed by atoms with Crippen LogP contribution in [0.15, 0.2) is 22.7 Å². The molecule has 0 amide bonds. The Morgan fingerprint density at radius 2 is 2.29 bits per heavy atom. The van der Waals surface area contributed by atoms with E-state index < -0.39 is 0 Å². The number of hydrogen-bond acceptors (Lipinski definition) is 4. The summed E-state index contributed by atoms with van der Waals surface area (Å²) in [6.45, 7) is 0.757. The van der Waals surface area contributed by atoms with E-state index in [1.165, 1.54) is 0 Å². The van der Waals surface area contributed by atoms with Gasteiger partial charge in [0.15, 0.2) is 0 Å². The Morgan fingerprint density at radius 3 is 2.94 bits per heavy atom. The maximum absolute atomic E-state index is 10.7. The summed E-state index contributed by atoms with van der Waals surface area (Å²) in [7, 11) is 1.68. The van der Waals surface area contributed by atoms with E-state index in [1.54, 1.807) is 31.0 Å². The van der Waals surface area contributed by atoms with Crippen molar-refractivity contribution in [3.63, 3.8) is 0 Å². The first-order chi connectivity index (χ1) is 8.15. The van der Waals surface area contributed by atoms with Crippen molar-refractivity contribution in [3.8, 4) is 0 Å². The second kappa shape index (κ2) is 7.68. The van der Waals surface area contributed by atoms with Gasteiger partial charge in [0.1, 0.15) is 0 Å². The van der Waals surface area contributed by atoms with Crippen molar-refractivity contribution in [1.29, 1.82) is 0 Å². The zero-order valence-corrected chi connectivity index (χ0v) is 11.9. The molecule has 0 fully saturated rings. The molecule has 0 saturated carbocycles. The molecule has 6 heteroatoms. The number of nitro groups is 1. The van der Waals surface area contributed by atoms with Gasteiger partial charge in [-0.05, 0) is 39.7 Å². The van der Waals surface area contributed by atoms with Gasteiger partial charge in [0.2, 0.25) is 0 Å². The van der Waals surface area contributed by atoms with Gasteiger partial charge >= 0.3 is 0 Å². The maximum atomic E-state index is 10.7. The Balaban J connectivity index is 2.49. The van der Waals surface area contributed by atoms with Crippen molar-refractivity contribution in [2.24, 2.45) is 0 Å². The lowest BCUT2D eigenvalue weighted by molar-refractivity contribution is -0.385. The predicted octanol–water partition coefficient (Wildman–Crippen LogP) is 3.63. The molecule has 0 saturated heterocycles. The van der Waals surface area contributed by atoms with Crippen molar-refractivity contribution in [3.05, 3.63) is 38.3 Å². The fraction of sp³-hybridized carbons (Fsp3) is 0.455. The van der Waals surface area contributed by atoms with Crippen molar-refractivity contribution in [2.75, 3.05) is 19.5 Å². The molecule has 0 bridgehead atoms. The SMILES string of the molecule is COCCCSCc1ccc(Br)c([N+](=O)[O-])c1. The van der Waals surface area contributed by atoms with Crippen molar-refractivity contribution < 1.29 is 9.66 Å². The molecule has 17 heavy (non-hydrogen) atoms. The van der Waals surface area contributed by atoms with Crippen LogP contribution < -0.4 is 0 Å². The lowest BCUT2D eigenvalue weighted by atomic mass is 10.2. The maximum Gasteiger partial charge on any atom is 0.283 e. The highest BCUT2D eigenvalue weighted by atomic mass is 79.9. The number of methoxy groups -OCH3 is 1. The summed E-state index contributed by atoms with van der Waals surface area (Å²) in [6.07, 6.45) is 1.000. The summed E-state index contributed by atoms with van der Waals surface area (Å²) in [5.41, 5.74) is 1.10. The van der Waals surface area contributed by atoms with Crippen molar-refractivity contribution >= 4 is 33.4 Å². The number of hydrogen-bond donors (Lipinski definition) is 0. The minimum atomic E-state index is -0.372. The van der Waals surface area contributed by atoms with Crippen LogP contribution in [0.1, 0.15) is 12.0 Å². The van der Waals surface area contributed by atoms with E-state index in [-0.39, 0.29) is 10.6 Å². The van der Waals surface area contributed by atoms with Gasteiger partial charge in [-0.2, -0.15) is 11.8 Å². The lowest BCUT2D eigenvalue weighted by Crippen LogP contribution is -1.93. The van der Waals surface area contributed by atoms with Gasteiger partial charge in [-0.3, -0.25) is 10.1 Å². The quantitative estimate of drug-likeness (QED) is 0.437. The molecule has 0 atom stereocenters. The van der Waals surface area contributed by atoms with Crippen LogP contribution in [0.4, 0.5) is 5.69 Å². The molecule has 0 aliphatic carbocycles. The Kier molecular flexibility index (Phi) is 6.54. The number of nitrogens with zero attached hydrogens (tertiary/aromatic N) is 1. The van der Waals surface area contributed by atoms with Crippen LogP contribution in [0.25, 0.3) is 0 Å². The first-order valence-electron chi connectivity index (χ1n) is 5.14. The zero-order valence-electron chi connectivity index (χ0n) is 9.52. The van der Waals surface area contributed by atoms with E-state index in [9.17, 15) is 10.1 Å². The summed E-state index contributed by atoms with van der Waals surface area (Å²) < 4.78 is 5.48. The first-order valence-corrected chi connectivity index (χ1v) is 7.09. The monoisotopic (exact) mass is 319 g/mol. The van der Waals surface area contributed by atoms with Crippen LogP contribution in [0.5, 0.6) is 0 Å². The molecule has 0 aliphatic heterocycles. The summed E-state index contributed by atoms with van der Waals surface area (Å²) in [4.78, 5) is 10.4. The lowest BCUT2D eigenvalue weighted by Gasteiger charge is -2.03. The highest BCUT2D eigenvalue weighted by molar-refractivity contribution is 9.10. The molecule has 0 N–H and O–H groups in total. The van der Waals surface area contributed by atoms with E-state index in [0.717, 1.165) is 30.1 Å². The third-order valence-corrected chi connectivity index (χ3v) is 3.90. The molecular formula is C11H14BrNO3S. The minimum absolute atomic E-state index is 0.125. The summed E-state index contributed by atoms with van der Waals surface area (Å²) >= 11 is 4.92. The normalized spacial score (nSPS) is 10.5. The van der Waals surface area contributed by atoms with Gasteiger partial charge in [-0.15, -0.1) is 0 Å². The van der Waals surface area contributed by atoms with E-state index in [0.29, 0.717) is 4.47 Å². The van der Waals surface area contributed by atoms with Gasteiger partial charge in [-0.1, -0.05) is 6.07 Å². The summed E-state index contributed by atoms with van der Waals surface area (Å²) in [5, 5.41) is 10.7. The predicted molar refractivity (Wildman–Crippen MR) is 73.5 cm³/mol. The highest BCUT2D eigenvalue weighted by Gasteiger charge is 2.11. The Hall–Kier alpha value is -0.590. The van der Waals surface area contributed by atoms with Gasteiger partial charge in [0.25, 0.3) is 5.69 Å². The van der Waals surface area contributed by atoms with E-state index in [2.05, 4.69) is 15.9 Å². The van der Waals surface area contributed by atoms with Gasteiger partial charge in [0, 0.05) is 25.5 Å². The average molecular weight is 320 g/mol. The Labute approximate surface area is 113 Å². The fourth-order valence-electron chi connectivity index (χ4n) is 1.28. The average Bonchev–Trinajstić information content (AvgIpc) is 2.30. The summed E-state index contributed by atoms with van der Waals surface area (Å²) in [6, 6.07) is 5.25. The number of nitro benzene ring substituents is 1. The molecule has 1 aromatic rings. The van der Waals surface area contributed by atoms with Crippen LogP contribution in [0.3, 0.4) is 0 Å². The van der Waals surface area contributed by atoms with Crippen molar-refractivity contribution in [2.45, 2.75) is 12.2 Å². The molecule has 94 valence electrons. The summed E-state index contributed by atoms with van der Waals surface area (Å²) in [5.74, 6) is 1.79. The number of ether oxygens (including phenoxy) is 1. The fourth-order valence-corrected chi connectivity index (χ4v) is 2.56. The van der Waals surface area contributed by atoms with Crippen LogP contribution in [-0.4, -0.2) is 24.4 Å². The van der Waals surface area contributed by atoms with Crippen LogP contribution in [0, 0.1) is 10.1 Å². The molecule has 0 aromatic heterocycles. The Morgan fingerprint density at radius 1 is 1.53 bits per heavy atom. The van der Waals surface area contributed by atoms with Gasteiger partial charge in [0.05, 0.1) is 9.40 Å². The van der Waals surface area contributed by atoms with E-state index in [4.69, 9.17) is 4.74 Å². The van der Waals surface area contributed by atoms with Crippen LogP contribution >= 0.6 is 27.7 Å². The van der Waals surface area contributed by atoms with Crippen molar-refractivity contribution in [1.82, 2.24) is 0 Å². The number of halogens is 1. The van der Waals surface area contributed by atoms with E-state index >= 15 is 0 Å². The van der Waals surface area contributed by atoms with Crippen LogP contribution in [-0.2, 0) is 10.5 Å². The van der Waals surface area contributed by atoms with Gasteiger partial charge < -0.3 is 4.74 Å². The molecule has 1 rings (SSSR count). The largest absolute Gasteiger partial charge is 0.385 e. The molecule has 0 heterocycles. The second-order valence-corrected chi connectivity index (χ2v) is 5.40. The number of thioether (sulfide) groups is 1. The third-order valence-electron chi connectivity index (χ3n) is 2.11. The molecule has 4 nitrogen and oxygen atoms in total.